The zero-order valence-electron chi connectivity index (χ0n) is 11.7. The third-order valence-electron chi connectivity index (χ3n) is 3.62. The highest BCUT2D eigenvalue weighted by atomic mass is 16.5. The molecule has 2 rings (SSSR count). The molecule has 18 heavy (non-hydrogen) atoms. The number of rotatable bonds is 2. The zero-order valence-corrected chi connectivity index (χ0v) is 11.7. The van der Waals surface area contributed by atoms with Crippen molar-refractivity contribution in [2.45, 2.75) is 27.2 Å². The molecule has 0 radical (unpaired) electrons. The molecular weight excluding hydrogens is 220 g/mol. The van der Waals surface area contributed by atoms with Crippen LogP contribution in [0, 0.1) is 11.3 Å². The molecule has 0 saturated heterocycles. The SMILES string of the molecule is COc1ccccc1C1=CC=CC[C@@H]1C(C)(C)C. The van der Waals surface area contributed by atoms with Crippen LogP contribution in [-0.2, 0) is 0 Å². The van der Waals surface area contributed by atoms with Gasteiger partial charge < -0.3 is 4.74 Å². The van der Waals surface area contributed by atoms with E-state index in [1.54, 1.807) is 7.11 Å². The third-order valence-corrected chi connectivity index (χ3v) is 3.62. The van der Waals surface area contributed by atoms with E-state index in [9.17, 15) is 0 Å². The Morgan fingerprint density at radius 1 is 1.17 bits per heavy atom. The molecular formula is C17H22O. The lowest BCUT2D eigenvalue weighted by atomic mass is 9.71. The number of hydrogen-bond acceptors (Lipinski definition) is 1. The standard InChI is InChI=1S/C17H22O/c1-17(2,3)15-11-7-5-9-13(15)14-10-6-8-12-16(14)18-4/h5-10,12,15H,11H2,1-4H3/t15-/m0/s1. The van der Waals surface area contributed by atoms with Gasteiger partial charge in [0.15, 0.2) is 0 Å². The van der Waals surface area contributed by atoms with Crippen LogP contribution >= 0.6 is 0 Å². The maximum atomic E-state index is 5.49. The van der Waals surface area contributed by atoms with Crippen molar-refractivity contribution in [3.8, 4) is 5.75 Å². The molecule has 1 heteroatoms. The second-order valence-electron chi connectivity index (χ2n) is 5.90. The Bertz CT molecular complexity index is 475. The summed E-state index contributed by atoms with van der Waals surface area (Å²) in [5, 5.41) is 0. The summed E-state index contributed by atoms with van der Waals surface area (Å²) in [5.74, 6) is 1.51. The summed E-state index contributed by atoms with van der Waals surface area (Å²) < 4.78 is 5.49. The molecule has 1 aromatic carbocycles. The van der Waals surface area contributed by atoms with Crippen molar-refractivity contribution in [2.75, 3.05) is 7.11 Å². The number of methoxy groups -OCH3 is 1. The second-order valence-corrected chi connectivity index (χ2v) is 5.90. The Kier molecular flexibility index (Phi) is 3.60. The van der Waals surface area contributed by atoms with Crippen LogP contribution in [0.5, 0.6) is 5.75 Å². The van der Waals surface area contributed by atoms with Gasteiger partial charge in [0.2, 0.25) is 0 Å². The molecule has 0 heterocycles. The van der Waals surface area contributed by atoms with Crippen molar-refractivity contribution >= 4 is 5.57 Å². The summed E-state index contributed by atoms with van der Waals surface area (Å²) >= 11 is 0. The van der Waals surface area contributed by atoms with E-state index in [4.69, 9.17) is 4.74 Å². The molecule has 1 nitrogen and oxygen atoms in total. The minimum absolute atomic E-state index is 0.261. The van der Waals surface area contributed by atoms with Crippen LogP contribution < -0.4 is 4.74 Å². The molecule has 0 fully saturated rings. The lowest BCUT2D eigenvalue weighted by molar-refractivity contribution is 0.303. The van der Waals surface area contributed by atoms with Crippen molar-refractivity contribution in [3.63, 3.8) is 0 Å². The first-order chi connectivity index (χ1) is 8.54. The molecule has 0 aromatic heterocycles. The Hall–Kier alpha value is -1.50. The number of ether oxygens (including phenoxy) is 1. The highest BCUT2D eigenvalue weighted by Crippen LogP contribution is 2.43. The quantitative estimate of drug-likeness (QED) is 0.730. The largest absolute Gasteiger partial charge is 0.496 e. The summed E-state index contributed by atoms with van der Waals surface area (Å²) in [6, 6.07) is 8.29. The number of hydrogen-bond donors (Lipinski definition) is 0. The average molecular weight is 242 g/mol. The molecule has 0 spiro atoms. The Balaban J connectivity index is 2.47. The number of para-hydroxylation sites is 1. The Morgan fingerprint density at radius 3 is 2.56 bits per heavy atom. The van der Waals surface area contributed by atoms with Crippen LogP contribution in [0.4, 0.5) is 0 Å². The van der Waals surface area contributed by atoms with Gasteiger partial charge in [-0.25, -0.2) is 0 Å². The molecule has 1 atom stereocenters. The van der Waals surface area contributed by atoms with Gasteiger partial charge in [0.1, 0.15) is 5.75 Å². The lowest BCUT2D eigenvalue weighted by Gasteiger charge is -2.34. The van der Waals surface area contributed by atoms with Gasteiger partial charge in [0, 0.05) is 5.56 Å². The molecule has 96 valence electrons. The van der Waals surface area contributed by atoms with Crippen LogP contribution in [0.1, 0.15) is 32.8 Å². The first-order valence-electron chi connectivity index (χ1n) is 6.54. The first kappa shape index (κ1) is 12.9. The van der Waals surface area contributed by atoms with Gasteiger partial charge in [0.05, 0.1) is 7.11 Å². The molecule has 0 saturated carbocycles. The second kappa shape index (κ2) is 5.01. The summed E-state index contributed by atoms with van der Waals surface area (Å²) in [7, 11) is 1.74. The van der Waals surface area contributed by atoms with Crippen LogP contribution in [-0.4, -0.2) is 7.11 Å². The summed E-state index contributed by atoms with van der Waals surface area (Å²) in [6.45, 7) is 6.92. The van der Waals surface area contributed by atoms with Gasteiger partial charge in [-0.05, 0) is 29.4 Å². The smallest absolute Gasteiger partial charge is 0.126 e. The minimum Gasteiger partial charge on any atom is -0.496 e. The van der Waals surface area contributed by atoms with E-state index in [1.807, 2.05) is 12.1 Å². The van der Waals surface area contributed by atoms with Gasteiger partial charge in [-0.2, -0.15) is 0 Å². The van der Waals surface area contributed by atoms with Gasteiger partial charge >= 0.3 is 0 Å². The zero-order chi connectivity index (χ0) is 13.2. The van der Waals surface area contributed by atoms with Gasteiger partial charge in [0.25, 0.3) is 0 Å². The summed E-state index contributed by atoms with van der Waals surface area (Å²) in [5.41, 5.74) is 2.88. The molecule has 0 amide bonds. The van der Waals surface area contributed by atoms with E-state index in [2.05, 4.69) is 51.1 Å². The Morgan fingerprint density at radius 2 is 1.89 bits per heavy atom. The maximum Gasteiger partial charge on any atom is 0.126 e. The molecule has 1 aliphatic carbocycles. The van der Waals surface area contributed by atoms with Crippen molar-refractivity contribution in [1.82, 2.24) is 0 Å². The maximum absolute atomic E-state index is 5.49. The highest BCUT2D eigenvalue weighted by Gasteiger charge is 2.29. The average Bonchev–Trinajstić information content (AvgIpc) is 2.37. The minimum atomic E-state index is 0.261. The van der Waals surface area contributed by atoms with Crippen molar-refractivity contribution in [3.05, 3.63) is 48.1 Å². The molecule has 0 unspecified atom stereocenters. The van der Waals surface area contributed by atoms with Gasteiger partial charge in [-0.15, -0.1) is 0 Å². The summed E-state index contributed by atoms with van der Waals surface area (Å²) in [4.78, 5) is 0. The topological polar surface area (TPSA) is 9.23 Å². The van der Waals surface area contributed by atoms with Gasteiger partial charge in [-0.3, -0.25) is 0 Å². The fourth-order valence-corrected chi connectivity index (χ4v) is 2.61. The van der Waals surface area contributed by atoms with Crippen LogP contribution in [0.2, 0.25) is 0 Å². The Labute approximate surface area is 110 Å². The van der Waals surface area contributed by atoms with Crippen molar-refractivity contribution in [2.24, 2.45) is 11.3 Å². The molecule has 0 N–H and O–H groups in total. The molecule has 1 aromatic rings. The molecule has 1 aliphatic rings. The number of allylic oxidation sites excluding steroid dienone is 4. The third kappa shape index (κ3) is 2.50. The fourth-order valence-electron chi connectivity index (χ4n) is 2.61. The predicted molar refractivity (Wildman–Crippen MR) is 77.7 cm³/mol. The molecule has 0 aliphatic heterocycles. The van der Waals surface area contributed by atoms with E-state index >= 15 is 0 Å². The molecule has 0 bridgehead atoms. The highest BCUT2D eigenvalue weighted by molar-refractivity contribution is 5.74. The van der Waals surface area contributed by atoms with Crippen LogP contribution in [0.3, 0.4) is 0 Å². The van der Waals surface area contributed by atoms with E-state index < -0.39 is 0 Å². The van der Waals surface area contributed by atoms with E-state index in [1.165, 1.54) is 11.1 Å². The normalized spacial score (nSPS) is 19.6. The monoisotopic (exact) mass is 242 g/mol. The van der Waals surface area contributed by atoms with Crippen molar-refractivity contribution in [1.29, 1.82) is 0 Å². The van der Waals surface area contributed by atoms with Crippen LogP contribution in [0.15, 0.2) is 42.5 Å². The predicted octanol–water partition coefficient (Wildman–Crippen LogP) is 4.70. The van der Waals surface area contributed by atoms with E-state index in [0.717, 1.165) is 12.2 Å². The van der Waals surface area contributed by atoms with E-state index in [-0.39, 0.29) is 5.41 Å². The van der Waals surface area contributed by atoms with Gasteiger partial charge in [-0.1, -0.05) is 57.2 Å². The number of benzene rings is 1. The lowest BCUT2D eigenvalue weighted by Crippen LogP contribution is -2.22. The van der Waals surface area contributed by atoms with Crippen molar-refractivity contribution < 1.29 is 4.74 Å². The summed E-state index contributed by atoms with van der Waals surface area (Å²) in [6.07, 6.45) is 7.75. The first-order valence-corrected chi connectivity index (χ1v) is 6.54. The van der Waals surface area contributed by atoms with Crippen LogP contribution in [0.25, 0.3) is 5.57 Å². The van der Waals surface area contributed by atoms with E-state index in [0.29, 0.717) is 5.92 Å². The fraction of sp³-hybridized carbons (Fsp3) is 0.412.